The molecule has 0 aliphatic heterocycles. The van der Waals surface area contributed by atoms with Crippen LogP contribution in [0.2, 0.25) is 0 Å². The number of primary amides is 1. The Morgan fingerprint density at radius 1 is 1.27 bits per heavy atom. The third-order valence-electron chi connectivity index (χ3n) is 8.43. The topological polar surface area (TPSA) is 173 Å². The van der Waals surface area contributed by atoms with E-state index >= 15 is 0 Å². The van der Waals surface area contributed by atoms with E-state index in [1.165, 1.54) is 0 Å². The summed E-state index contributed by atoms with van der Waals surface area (Å²) in [5, 5.41) is 47.7. The van der Waals surface area contributed by atoms with E-state index in [1.807, 2.05) is 25.1 Å². The first-order valence-electron chi connectivity index (χ1n) is 12.8. The Balaban J connectivity index is 1.81. The molecule has 10 heteroatoms. The lowest BCUT2D eigenvalue weighted by atomic mass is 9.56. The van der Waals surface area contributed by atoms with E-state index in [0.717, 1.165) is 18.7 Å². The third-order valence-corrected chi connectivity index (χ3v) is 8.43. The van der Waals surface area contributed by atoms with Gasteiger partial charge in [-0.1, -0.05) is 20.3 Å². The molecular formula is C27H37N3O7. The fourth-order valence-electron chi connectivity index (χ4n) is 6.16. The first-order chi connectivity index (χ1) is 17.3. The number of aliphatic hydroxyl groups is 3. The van der Waals surface area contributed by atoms with Crippen LogP contribution in [0.1, 0.15) is 49.8 Å². The molecule has 202 valence electrons. The zero-order valence-corrected chi connectivity index (χ0v) is 21.7. The van der Waals surface area contributed by atoms with Crippen LogP contribution in [0, 0.1) is 23.7 Å². The zero-order chi connectivity index (χ0) is 27.4. The average Bonchev–Trinajstić information content (AvgIpc) is 2.82. The van der Waals surface area contributed by atoms with Gasteiger partial charge in [-0.15, -0.1) is 0 Å². The maximum Gasteiger partial charge on any atom is 0.230 e. The molecule has 7 N–H and O–H groups in total. The van der Waals surface area contributed by atoms with Crippen molar-refractivity contribution in [3.63, 3.8) is 0 Å². The minimum atomic E-state index is -2.58. The van der Waals surface area contributed by atoms with Crippen molar-refractivity contribution in [2.75, 3.05) is 25.5 Å². The molecular weight excluding hydrogens is 478 g/mol. The monoisotopic (exact) mass is 515 g/mol. The molecule has 0 saturated heterocycles. The fourth-order valence-corrected chi connectivity index (χ4v) is 6.16. The Bertz CT molecular complexity index is 1180. The number of phenols is 1. The van der Waals surface area contributed by atoms with Crippen molar-refractivity contribution >= 4 is 28.9 Å². The molecule has 3 aliphatic rings. The van der Waals surface area contributed by atoms with Gasteiger partial charge >= 0.3 is 0 Å². The molecule has 1 aromatic rings. The molecule has 3 aliphatic carbocycles. The van der Waals surface area contributed by atoms with Crippen LogP contribution in [0.25, 0.3) is 5.76 Å². The standard InChI is InChI=1S/C27H37N3O7/c1-5-12(2)10-29-11-14-8-17(30(3)4)16-7-13-6-15-9-18(31)21(26(28)36)25(35)27(15,37)24(34)19(13)23(33)20(16)22(14)32/h8,12-13,15,18,21,29,31-33,37H,5-7,9-11H2,1-4H3,(H2,28,36)/t12?,13-,15+,18?,21?,27+/m1/s1. The van der Waals surface area contributed by atoms with Crippen molar-refractivity contribution in [2.24, 2.45) is 29.4 Å². The van der Waals surface area contributed by atoms with Crippen molar-refractivity contribution in [1.82, 2.24) is 5.32 Å². The number of phenolic OH excluding ortho intramolecular Hbond substituents is 1. The van der Waals surface area contributed by atoms with Gasteiger partial charge < -0.3 is 36.4 Å². The summed E-state index contributed by atoms with van der Waals surface area (Å²) in [5.74, 6) is -6.62. The summed E-state index contributed by atoms with van der Waals surface area (Å²) in [7, 11) is 3.70. The van der Waals surface area contributed by atoms with Crippen LogP contribution < -0.4 is 16.0 Å². The Kier molecular flexibility index (Phi) is 7.13. The molecule has 0 radical (unpaired) electrons. The molecule has 0 aromatic heterocycles. The molecule has 2 fully saturated rings. The number of hydrogen-bond acceptors (Lipinski definition) is 9. The van der Waals surface area contributed by atoms with Crippen LogP contribution in [0.3, 0.4) is 0 Å². The van der Waals surface area contributed by atoms with Gasteiger partial charge in [0, 0.05) is 43.4 Å². The first-order valence-corrected chi connectivity index (χ1v) is 12.8. The summed E-state index contributed by atoms with van der Waals surface area (Å²) >= 11 is 0. The number of anilines is 1. The highest BCUT2D eigenvalue weighted by Crippen LogP contribution is 2.53. The number of rotatable bonds is 7. The Labute approximate surface area is 216 Å². The van der Waals surface area contributed by atoms with Gasteiger partial charge in [0.15, 0.2) is 11.4 Å². The summed E-state index contributed by atoms with van der Waals surface area (Å²) < 4.78 is 0. The van der Waals surface area contributed by atoms with Gasteiger partial charge in [0.1, 0.15) is 17.4 Å². The van der Waals surface area contributed by atoms with Crippen LogP contribution in [0.4, 0.5) is 5.69 Å². The third kappa shape index (κ3) is 4.20. The Morgan fingerprint density at radius 2 is 1.95 bits per heavy atom. The quantitative estimate of drug-likeness (QED) is 0.287. The van der Waals surface area contributed by atoms with E-state index in [9.17, 15) is 34.8 Å². The van der Waals surface area contributed by atoms with Crippen molar-refractivity contribution in [1.29, 1.82) is 0 Å². The normalized spacial score (nSPS) is 29.9. The Hall–Kier alpha value is -2.95. The smallest absolute Gasteiger partial charge is 0.230 e. The number of nitrogens with zero attached hydrogens (tertiary/aromatic N) is 1. The molecule has 2 saturated carbocycles. The zero-order valence-electron chi connectivity index (χ0n) is 21.7. The summed E-state index contributed by atoms with van der Waals surface area (Å²) in [4.78, 5) is 40.6. The SMILES string of the molecule is CCC(C)CNCc1cc(N(C)C)c2c(c1O)C(O)=C1C(=O)[C@]3(O)C(=O)C(C(N)=O)C(O)C[C@@H]3C[C@@H]1C2. The van der Waals surface area contributed by atoms with E-state index < -0.39 is 52.7 Å². The first kappa shape index (κ1) is 27.1. The number of aromatic hydroxyl groups is 1. The van der Waals surface area contributed by atoms with Crippen molar-refractivity contribution < 1.29 is 34.8 Å². The van der Waals surface area contributed by atoms with Crippen LogP contribution in [-0.2, 0) is 27.3 Å². The highest BCUT2D eigenvalue weighted by Gasteiger charge is 2.64. The second-order valence-corrected chi connectivity index (χ2v) is 11.0. The molecule has 3 unspecified atom stereocenters. The second kappa shape index (κ2) is 9.74. The molecule has 4 rings (SSSR count). The predicted molar refractivity (Wildman–Crippen MR) is 137 cm³/mol. The van der Waals surface area contributed by atoms with Crippen molar-refractivity contribution in [2.45, 2.75) is 57.8 Å². The highest BCUT2D eigenvalue weighted by molar-refractivity contribution is 6.24. The van der Waals surface area contributed by atoms with Gasteiger partial charge in [-0.05, 0) is 49.3 Å². The Morgan fingerprint density at radius 3 is 2.54 bits per heavy atom. The average molecular weight is 516 g/mol. The molecule has 1 aromatic carbocycles. The van der Waals surface area contributed by atoms with E-state index in [1.54, 1.807) is 0 Å². The van der Waals surface area contributed by atoms with Gasteiger partial charge in [0.05, 0.1) is 11.7 Å². The highest BCUT2D eigenvalue weighted by atomic mass is 16.3. The molecule has 37 heavy (non-hydrogen) atoms. The fraction of sp³-hybridized carbons (Fsp3) is 0.593. The van der Waals surface area contributed by atoms with Gasteiger partial charge in [-0.3, -0.25) is 14.4 Å². The van der Waals surface area contributed by atoms with Crippen molar-refractivity contribution in [3.8, 4) is 5.75 Å². The summed E-state index contributed by atoms with van der Waals surface area (Å²) in [6.45, 7) is 5.28. The van der Waals surface area contributed by atoms with E-state index in [0.29, 0.717) is 23.6 Å². The number of carbonyl (C=O) groups excluding carboxylic acids is 3. The van der Waals surface area contributed by atoms with Crippen LogP contribution in [-0.4, -0.2) is 70.2 Å². The lowest BCUT2D eigenvalue weighted by Gasteiger charge is -2.48. The van der Waals surface area contributed by atoms with E-state index in [2.05, 4.69) is 19.2 Å². The second-order valence-electron chi connectivity index (χ2n) is 11.0. The molecule has 0 heterocycles. The number of hydrogen-bond donors (Lipinski definition) is 6. The predicted octanol–water partition coefficient (Wildman–Crippen LogP) is 0.791. The number of carbonyl (C=O) groups is 3. The summed E-state index contributed by atoms with van der Waals surface area (Å²) in [6.07, 6.45) is -0.117. The number of benzene rings is 1. The van der Waals surface area contributed by atoms with Gasteiger partial charge in [-0.2, -0.15) is 0 Å². The molecule has 0 spiro atoms. The van der Waals surface area contributed by atoms with E-state index in [4.69, 9.17) is 5.73 Å². The minimum absolute atomic E-state index is 0.114. The van der Waals surface area contributed by atoms with Crippen LogP contribution in [0.5, 0.6) is 5.75 Å². The van der Waals surface area contributed by atoms with Crippen LogP contribution >= 0.6 is 0 Å². The minimum Gasteiger partial charge on any atom is -0.507 e. The number of Topliss-reactive ketones (excluding diaryl/α,β-unsaturated/α-hetero) is 2. The lowest BCUT2D eigenvalue weighted by Crippen LogP contribution is -2.66. The summed E-state index contributed by atoms with van der Waals surface area (Å²) in [5.41, 5.74) is 4.68. The number of amides is 1. The number of nitrogens with two attached hydrogens (primary N) is 1. The number of fused-ring (bicyclic) bond motifs is 3. The summed E-state index contributed by atoms with van der Waals surface area (Å²) in [6, 6.07) is 1.86. The molecule has 0 bridgehead atoms. The maximum absolute atomic E-state index is 13.7. The molecule has 1 amide bonds. The molecule has 10 nitrogen and oxygen atoms in total. The number of ketones is 2. The van der Waals surface area contributed by atoms with E-state index in [-0.39, 0.29) is 36.1 Å². The largest absolute Gasteiger partial charge is 0.507 e. The van der Waals surface area contributed by atoms with Gasteiger partial charge in [-0.25, -0.2) is 0 Å². The molecule has 6 atom stereocenters. The van der Waals surface area contributed by atoms with Gasteiger partial charge in [0.2, 0.25) is 11.7 Å². The maximum atomic E-state index is 13.7. The lowest BCUT2D eigenvalue weighted by molar-refractivity contribution is -0.174. The number of aliphatic hydroxyl groups excluding tert-OH is 2. The van der Waals surface area contributed by atoms with Crippen LogP contribution in [0.15, 0.2) is 11.6 Å². The van der Waals surface area contributed by atoms with Crippen molar-refractivity contribution in [3.05, 3.63) is 28.3 Å². The number of nitrogens with one attached hydrogen (secondary N) is 1. The van der Waals surface area contributed by atoms with Gasteiger partial charge in [0.25, 0.3) is 0 Å².